The fraction of sp³-hybridized carbons (Fsp3) is 0.524. The molecule has 0 aliphatic carbocycles. The Bertz CT molecular complexity index is 690. The lowest BCUT2D eigenvalue weighted by Crippen LogP contribution is -2.38. The molecule has 3 rings (SSSR count). The zero-order chi connectivity index (χ0) is 18.4. The summed E-state index contributed by atoms with van der Waals surface area (Å²) in [7, 11) is 0. The van der Waals surface area contributed by atoms with E-state index in [4.69, 9.17) is 4.74 Å². The molecule has 26 heavy (non-hydrogen) atoms. The maximum atomic E-state index is 12.8. The fourth-order valence-electron chi connectivity index (χ4n) is 3.35. The smallest absolute Gasteiger partial charge is 0.223 e. The van der Waals surface area contributed by atoms with Crippen LogP contribution in [0.5, 0.6) is 0 Å². The molecule has 0 N–H and O–H groups in total. The Balaban J connectivity index is 1.71. The van der Waals surface area contributed by atoms with Crippen molar-refractivity contribution in [2.45, 2.75) is 52.3 Å². The lowest BCUT2D eigenvalue weighted by molar-refractivity contribution is -0.134. The molecule has 5 nitrogen and oxygen atoms in total. The minimum absolute atomic E-state index is 0.156. The first-order valence-corrected chi connectivity index (χ1v) is 9.55. The molecule has 1 atom stereocenters. The van der Waals surface area contributed by atoms with E-state index in [-0.39, 0.29) is 12.0 Å². The number of hydrogen-bond donors (Lipinski definition) is 0. The summed E-state index contributed by atoms with van der Waals surface area (Å²) in [5.74, 6) is 1.45. The van der Waals surface area contributed by atoms with Crippen LogP contribution in [0.15, 0.2) is 42.7 Å². The number of ether oxygens (including phenoxy) is 1. The van der Waals surface area contributed by atoms with E-state index in [1.807, 2.05) is 35.5 Å². The van der Waals surface area contributed by atoms with Gasteiger partial charge in [0.05, 0.1) is 12.6 Å². The van der Waals surface area contributed by atoms with Gasteiger partial charge in [-0.25, -0.2) is 4.98 Å². The predicted molar refractivity (Wildman–Crippen MR) is 102 cm³/mol. The van der Waals surface area contributed by atoms with Crippen LogP contribution in [0.3, 0.4) is 0 Å². The van der Waals surface area contributed by atoms with Crippen molar-refractivity contribution >= 4 is 5.91 Å². The van der Waals surface area contributed by atoms with E-state index < -0.39 is 0 Å². The molecular weight excluding hydrogens is 326 g/mol. The first kappa shape index (κ1) is 18.6. The van der Waals surface area contributed by atoms with Gasteiger partial charge in [-0.3, -0.25) is 4.79 Å². The molecule has 1 fully saturated rings. The van der Waals surface area contributed by atoms with Crippen molar-refractivity contribution in [1.29, 1.82) is 0 Å². The number of carbonyl (C=O) groups is 1. The van der Waals surface area contributed by atoms with Crippen LogP contribution in [-0.2, 0) is 22.6 Å². The number of imidazole rings is 1. The Morgan fingerprint density at radius 1 is 1.35 bits per heavy atom. The zero-order valence-corrected chi connectivity index (χ0v) is 15.8. The molecule has 0 spiro atoms. The quantitative estimate of drug-likeness (QED) is 0.728. The summed E-state index contributed by atoms with van der Waals surface area (Å²) < 4.78 is 7.89. The Morgan fingerprint density at radius 3 is 2.85 bits per heavy atom. The predicted octanol–water partition coefficient (Wildman–Crippen LogP) is 3.49. The van der Waals surface area contributed by atoms with Gasteiger partial charge in [0.15, 0.2) is 0 Å². The molecule has 0 bridgehead atoms. The minimum atomic E-state index is 0.156. The molecule has 0 unspecified atom stereocenters. The van der Waals surface area contributed by atoms with Crippen molar-refractivity contribution in [3.8, 4) is 0 Å². The molecule has 1 saturated heterocycles. The van der Waals surface area contributed by atoms with Gasteiger partial charge in [-0.15, -0.1) is 0 Å². The molecule has 1 aromatic heterocycles. The molecule has 140 valence electrons. The summed E-state index contributed by atoms with van der Waals surface area (Å²) in [6.07, 6.45) is 6.63. The number of aromatic nitrogens is 2. The van der Waals surface area contributed by atoms with Crippen molar-refractivity contribution in [3.05, 3.63) is 54.1 Å². The van der Waals surface area contributed by atoms with Crippen molar-refractivity contribution < 1.29 is 9.53 Å². The van der Waals surface area contributed by atoms with Crippen LogP contribution in [0.1, 0.15) is 44.5 Å². The fourth-order valence-corrected chi connectivity index (χ4v) is 3.35. The van der Waals surface area contributed by atoms with Crippen LogP contribution in [0, 0.1) is 5.92 Å². The highest BCUT2D eigenvalue weighted by Gasteiger charge is 2.24. The number of carbonyl (C=O) groups excluding carboxylic acids is 1. The van der Waals surface area contributed by atoms with Gasteiger partial charge in [0.25, 0.3) is 0 Å². The Kier molecular flexibility index (Phi) is 6.45. The second-order valence-corrected chi connectivity index (χ2v) is 7.46. The van der Waals surface area contributed by atoms with Crippen LogP contribution in [0.25, 0.3) is 0 Å². The molecule has 5 heteroatoms. The largest absolute Gasteiger partial charge is 0.376 e. The van der Waals surface area contributed by atoms with E-state index >= 15 is 0 Å². The second-order valence-electron chi connectivity index (χ2n) is 7.46. The third-order valence-electron chi connectivity index (χ3n) is 4.71. The van der Waals surface area contributed by atoms with E-state index in [0.717, 1.165) is 31.8 Å². The SMILES string of the molecule is CC(C)CC(=O)N(Cc1nccn1Cc1ccccc1)C[C@@H]1CCCO1. The maximum Gasteiger partial charge on any atom is 0.223 e. The van der Waals surface area contributed by atoms with Gasteiger partial charge in [0.2, 0.25) is 5.91 Å². The number of benzene rings is 1. The highest BCUT2D eigenvalue weighted by atomic mass is 16.5. The lowest BCUT2D eigenvalue weighted by Gasteiger charge is -2.26. The summed E-state index contributed by atoms with van der Waals surface area (Å²) in [6, 6.07) is 10.3. The average Bonchev–Trinajstić information content (AvgIpc) is 3.27. The number of rotatable bonds is 8. The maximum absolute atomic E-state index is 12.8. The van der Waals surface area contributed by atoms with Crippen LogP contribution < -0.4 is 0 Å². The second kappa shape index (κ2) is 8.99. The van der Waals surface area contributed by atoms with Gasteiger partial charge in [-0.05, 0) is 24.3 Å². The first-order chi connectivity index (χ1) is 12.6. The standard InChI is InChI=1S/C21H29N3O2/c1-17(2)13-21(25)24(15-19-9-6-12-26-19)16-20-22-10-11-23(20)14-18-7-4-3-5-8-18/h3-5,7-8,10-11,17,19H,6,9,12-16H2,1-2H3/t19-/m0/s1. The zero-order valence-electron chi connectivity index (χ0n) is 15.8. The molecule has 1 amide bonds. The summed E-state index contributed by atoms with van der Waals surface area (Å²) in [6.45, 7) is 6.92. The van der Waals surface area contributed by atoms with E-state index in [2.05, 4.69) is 35.5 Å². The molecular formula is C21H29N3O2. The van der Waals surface area contributed by atoms with Gasteiger partial charge < -0.3 is 14.2 Å². The third-order valence-corrected chi connectivity index (χ3v) is 4.71. The number of nitrogens with zero attached hydrogens (tertiary/aromatic N) is 3. The third kappa shape index (κ3) is 5.18. The summed E-state index contributed by atoms with van der Waals surface area (Å²) in [5, 5.41) is 0. The van der Waals surface area contributed by atoms with E-state index in [9.17, 15) is 4.79 Å². The topological polar surface area (TPSA) is 47.4 Å². The Morgan fingerprint density at radius 2 is 2.15 bits per heavy atom. The average molecular weight is 355 g/mol. The molecule has 2 heterocycles. The Labute approximate surface area is 156 Å². The highest BCUT2D eigenvalue weighted by molar-refractivity contribution is 5.76. The molecule has 0 radical (unpaired) electrons. The van der Waals surface area contributed by atoms with Crippen LogP contribution in [0.2, 0.25) is 0 Å². The van der Waals surface area contributed by atoms with Crippen molar-refractivity contribution in [3.63, 3.8) is 0 Å². The van der Waals surface area contributed by atoms with Crippen molar-refractivity contribution in [2.75, 3.05) is 13.2 Å². The minimum Gasteiger partial charge on any atom is -0.376 e. The van der Waals surface area contributed by atoms with Gasteiger partial charge in [-0.1, -0.05) is 44.2 Å². The molecule has 1 aliphatic heterocycles. The molecule has 0 saturated carbocycles. The first-order valence-electron chi connectivity index (χ1n) is 9.55. The lowest BCUT2D eigenvalue weighted by atomic mass is 10.1. The van der Waals surface area contributed by atoms with Gasteiger partial charge in [0, 0.05) is 38.5 Å². The molecule has 2 aromatic rings. The van der Waals surface area contributed by atoms with Gasteiger partial charge >= 0.3 is 0 Å². The highest BCUT2D eigenvalue weighted by Crippen LogP contribution is 2.17. The van der Waals surface area contributed by atoms with E-state index in [1.54, 1.807) is 0 Å². The van der Waals surface area contributed by atoms with Crippen LogP contribution >= 0.6 is 0 Å². The van der Waals surface area contributed by atoms with Crippen LogP contribution in [0.4, 0.5) is 0 Å². The number of amides is 1. The normalized spacial score (nSPS) is 17.0. The molecule has 1 aromatic carbocycles. The van der Waals surface area contributed by atoms with Gasteiger partial charge in [-0.2, -0.15) is 0 Å². The van der Waals surface area contributed by atoms with Gasteiger partial charge in [0.1, 0.15) is 5.82 Å². The Hall–Kier alpha value is -2.14. The monoisotopic (exact) mass is 355 g/mol. The molecule has 1 aliphatic rings. The van der Waals surface area contributed by atoms with Crippen molar-refractivity contribution in [2.24, 2.45) is 5.92 Å². The summed E-state index contributed by atoms with van der Waals surface area (Å²) in [4.78, 5) is 19.2. The number of hydrogen-bond acceptors (Lipinski definition) is 3. The van der Waals surface area contributed by atoms with Crippen molar-refractivity contribution in [1.82, 2.24) is 14.5 Å². The van der Waals surface area contributed by atoms with Crippen LogP contribution in [-0.4, -0.2) is 39.6 Å². The van der Waals surface area contributed by atoms with E-state index in [1.165, 1.54) is 5.56 Å². The summed E-state index contributed by atoms with van der Waals surface area (Å²) in [5.41, 5.74) is 1.23. The van der Waals surface area contributed by atoms with E-state index in [0.29, 0.717) is 25.4 Å². The summed E-state index contributed by atoms with van der Waals surface area (Å²) >= 11 is 0.